The van der Waals surface area contributed by atoms with Crippen LogP contribution in [0.2, 0.25) is 0 Å². The van der Waals surface area contributed by atoms with Crippen molar-refractivity contribution in [1.29, 1.82) is 0 Å². The maximum Gasteiger partial charge on any atom is 0.150 e. The number of hydrogen-bond acceptors (Lipinski definition) is 1. The van der Waals surface area contributed by atoms with Crippen molar-refractivity contribution in [3.63, 3.8) is 0 Å². The Morgan fingerprint density at radius 2 is 2.17 bits per heavy atom. The van der Waals surface area contributed by atoms with Crippen LogP contribution in [0.4, 0.5) is 4.39 Å². The summed E-state index contributed by atoms with van der Waals surface area (Å²) in [5.41, 5.74) is 0.417. The monoisotopic (exact) mass is 225 g/mol. The Hall–Kier alpha value is -0.960. The van der Waals surface area contributed by atoms with Crippen LogP contribution < -0.4 is 0 Å². The fourth-order valence-corrected chi connectivity index (χ4v) is 1.56. The van der Waals surface area contributed by atoms with Gasteiger partial charge in [-0.2, -0.15) is 0 Å². The first kappa shape index (κ1) is 7.68. The molecule has 2 rings (SSSR count). The fourth-order valence-electron chi connectivity index (χ4n) is 1.11. The van der Waals surface area contributed by atoms with Crippen LogP contribution in [0.1, 0.15) is 0 Å². The minimum atomic E-state index is -0.292. The van der Waals surface area contributed by atoms with Crippen LogP contribution in [-0.4, -0.2) is 4.98 Å². The summed E-state index contributed by atoms with van der Waals surface area (Å²) < 4.78 is 13.9. The van der Waals surface area contributed by atoms with E-state index in [4.69, 9.17) is 0 Å². The molecular formula is C9H5BrFN. The highest BCUT2D eigenvalue weighted by atomic mass is 79.9. The van der Waals surface area contributed by atoms with Gasteiger partial charge in [-0.25, -0.2) is 4.39 Å². The van der Waals surface area contributed by atoms with Gasteiger partial charge < -0.3 is 0 Å². The molecular weight excluding hydrogens is 221 g/mol. The molecule has 1 aromatic carbocycles. The lowest BCUT2D eigenvalue weighted by Crippen LogP contribution is -1.82. The van der Waals surface area contributed by atoms with Gasteiger partial charge in [0.2, 0.25) is 0 Å². The molecule has 0 unspecified atom stereocenters. The van der Waals surface area contributed by atoms with E-state index in [0.29, 0.717) is 5.52 Å². The Balaban J connectivity index is 2.89. The molecule has 1 heterocycles. The third-order valence-corrected chi connectivity index (χ3v) is 2.08. The lowest BCUT2D eigenvalue weighted by molar-refractivity contribution is 0.636. The normalized spacial score (nSPS) is 10.5. The van der Waals surface area contributed by atoms with Crippen molar-refractivity contribution in [3.8, 4) is 0 Å². The zero-order valence-electron chi connectivity index (χ0n) is 6.09. The van der Waals surface area contributed by atoms with Crippen molar-refractivity contribution in [1.82, 2.24) is 4.98 Å². The van der Waals surface area contributed by atoms with Crippen LogP contribution >= 0.6 is 15.9 Å². The van der Waals surface area contributed by atoms with E-state index in [-0.39, 0.29) is 5.82 Å². The Morgan fingerprint density at radius 1 is 1.33 bits per heavy atom. The number of pyridine rings is 1. The van der Waals surface area contributed by atoms with Gasteiger partial charge in [-0.15, -0.1) is 0 Å². The summed E-state index contributed by atoms with van der Waals surface area (Å²) in [5.74, 6) is -0.292. The summed E-state index contributed by atoms with van der Waals surface area (Å²) in [7, 11) is 0. The molecule has 0 spiro atoms. The smallest absolute Gasteiger partial charge is 0.150 e. The minimum absolute atomic E-state index is 0.292. The molecule has 2 aromatic rings. The molecule has 0 saturated heterocycles. The highest BCUT2D eigenvalue weighted by Gasteiger charge is 2.01. The van der Waals surface area contributed by atoms with Crippen molar-refractivity contribution in [3.05, 3.63) is 40.8 Å². The van der Waals surface area contributed by atoms with Crippen molar-refractivity contribution < 1.29 is 4.39 Å². The maximum absolute atomic E-state index is 13.2. The van der Waals surface area contributed by atoms with Crippen LogP contribution in [-0.2, 0) is 0 Å². The van der Waals surface area contributed by atoms with Crippen molar-refractivity contribution in [2.45, 2.75) is 0 Å². The first-order valence-electron chi connectivity index (χ1n) is 3.47. The van der Waals surface area contributed by atoms with E-state index < -0.39 is 0 Å². The van der Waals surface area contributed by atoms with Gasteiger partial charge in [0.1, 0.15) is 5.52 Å². The van der Waals surface area contributed by atoms with E-state index in [1.54, 1.807) is 12.3 Å². The molecule has 0 bridgehead atoms. The lowest BCUT2D eigenvalue weighted by atomic mass is 10.2. The molecule has 0 aliphatic carbocycles. The predicted molar refractivity (Wildman–Crippen MR) is 49.4 cm³/mol. The Morgan fingerprint density at radius 3 is 3.00 bits per heavy atom. The fraction of sp³-hybridized carbons (Fsp3) is 0. The Bertz CT molecular complexity index is 428. The number of aromatic nitrogens is 1. The van der Waals surface area contributed by atoms with Gasteiger partial charge in [0, 0.05) is 16.1 Å². The number of nitrogens with zero attached hydrogens (tertiary/aromatic N) is 1. The lowest BCUT2D eigenvalue weighted by Gasteiger charge is -1.97. The van der Waals surface area contributed by atoms with E-state index in [0.717, 1.165) is 9.86 Å². The van der Waals surface area contributed by atoms with Crippen molar-refractivity contribution >= 4 is 26.8 Å². The first-order valence-corrected chi connectivity index (χ1v) is 4.26. The standard InChI is InChI=1S/C9H5BrFN/c10-7-4-6-2-1-3-12-9(6)8(11)5-7/h1-5H. The molecule has 0 saturated carbocycles. The summed E-state index contributed by atoms with van der Waals surface area (Å²) in [6, 6.07) is 6.87. The predicted octanol–water partition coefficient (Wildman–Crippen LogP) is 3.14. The molecule has 0 aliphatic rings. The highest BCUT2D eigenvalue weighted by molar-refractivity contribution is 9.10. The highest BCUT2D eigenvalue weighted by Crippen LogP contribution is 2.20. The largest absolute Gasteiger partial charge is 0.253 e. The second kappa shape index (κ2) is 2.83. The molecule has 0 amide bonds. The number of hydrogen-bond donors (Lipinski definition) is 0. The minimum Gasteiger partial charge on any atom is -0.253 e. The van der Waals surface area contributed by atoms with Gasteiger partial charge in [0.15, 0.2) is 5.82 Å². The van der Waals surface area contributed by atoms with Gasteiger partial charge in [0.25, 0.3) is 0 Å². The summed E-state index contributed by atoms with van der Waals surface area (Å²) >= 11 is 3.22. The molecule has 1 aromatic heterocycles. The van der Waals surface area contributed by atoms with E-state index in [1.165, 1.54) is 6.07 Å². The third-order valence-electron chi connectivity index (χ3n) is 1.62. The van der Waals surface area contributed by atoms with E-state index in [2.05, 4.69) is 20.9 Å². The van der Waals surface area contributed by atoms with Crippen LogP contribution in [0.25, 0.3) is 10.9 Å². The SMILES string of the molecule is Fc1cc(Br)cc2cccnc12. The van der Waals surface area contributed by atoms with Gasteiger partial charge in [-0.05, 0) is 18.2 Å². The molecule has 0 N–H and O–H groups in total. The summed E-state index contributed by atoms with van der Waals surface area (Å²) in [4.78, 5) is 3.93. The number of halogens is 2. The second-order valence-electron chi connectivity index (χ2n) is 2.46. The van der Waals surface area contributed by atoms with Crippen LogP contribution in [0.3, 0.4) is 0 Å². The van der Waals surface area contributed by atoms with Crippen molar-refractivity contribution in [2.24, 2.45) is 0 Å². The number of fused-ring (bicyclic) bond motifs is 1. The first-order chi connectivity index (χ1) is 5.77. The van der Waals surface area contributed by atoms with E-state index >= 15 is 0 Å². The number of benzene rings is 1. The van der Waals surface area contributed by atoms with Gasteiger partial charge >= 0.3 is 0 Å². The summed E-state index contributed by atoms with van der Waals surface area (Å²) in [6.07, 6.45) is 1.58. The Labute approximate surface area is 77.4 Å². The van der Waals surface area contributed by atoms with Crippen LogP contribution in [0.15, 0.2) is 34.9 Å². The zero-order chi connectivity index (χ0) is 8.55. The number of rotatable bonds is 0. The van der Waals surface area contributed by atoms with Crippen molar-refractivity contribution in [2.75, 3.05) is 0 Å². The molecule has 0 fully saturated rings. The Kier molecular flexibility index (Phi) is 1.81. The molecule has 3 heteroatoms. The topological polar surface area (TPSA) is 12.9 Å². The molecule has 0 aliphatic heterocycles. The molecule has 0 radical (unpaired) electrons. The van der Waals surface area contributed by atoms with Gasteiger partial charge in [0.05, 0.1) is 0 Å². The quantitative estimate of drug-likeness (QED) is 0.672. The van der Waals surface area contributed by atoms with E-state index in [1.807, 2.05) is 12.1 Å². The summed E-state index contributed by atoms with van der Waals surface area (Å²) in [5, 5.41) is 0.810. The third kappa shape index (κ3) is 1.20. The van der Waals surface area contributed by atoms with Gasteiger partial charge in [-0.1, -0.05) is 22.0 Å². The molecule has 60 valence electrons. The van der Waals surface area contributed by atoms with Crippen LogP contribution in [0.5, 0.6) is 0 Å². The molecule has 0 atom stereocenters. The average molecular weight is 226 g/mol. The van der Waals surface area contributed by atoms with Gasteiger partial charge in [-0.3, -0.25) is 4.98 Å². The zero-order valence-corrected chi connectivity index (χ0v) is 7.68. The van der Waals surface area contributed by atoms with E-state index in [9.17, 15) is 4.39 Å². The maximum atomic E-state index is 13.2. The average Bonchev–Trinajstić information content (AvgIpc) is 2.04. The second-order valence-corrected chi connectivity index (χ2v) is 3.38. The molecule has 1 nitrogen and oxygen atoms in total. The molecule has 12 heavy (non-hydrogen) atoms. The summed E-state index contributed by atoms with van der Waals surface area (Å²) in [6.45, 7) is 0. The van der Waals surface area contributed by atoms with Crippen LogP contribution in [0, 0.1) is 5.82 Å².